The van der Waals surface area contributed by atoms with Gasteiger partial charge in [-0.15, -0.1) is 0 Å². The molecule has 0 saturated heterocycles. The van der Waals surface area contributed by atoms with Gasteiger partial charge in [-0.3, -0.25) is 0 Å². The number of ether oxygens (including phenoxy) is 2. The first-order chi connectivity index (χ1) is 8.31. The number of aromatic nitrogens is 1. The van der Waals surface area contributed by atoms with E-state index in [0.717, 1.165) is 25.7 Å². The summed E-state index contributed by atoms with van der Waals surface area (Å²) in [4.78, 5) is 5.28. The third kappa shape index (κ3) is 2.32. The molecule has 4 nitrogen and oxygen atoms in total. The Bertz CT molecular complexity index is 542. The summed E-state index contributed by atoms with van der Waals surface area (Å²) >= 11 is 3.05. The van der Waals surface area contributed by atoms with E-state index in [1.54, 1.807) is 18.0 Å². The Morgan fingerprint density at radius 2 is 2.06 bits per heavy atom. The third-order valence-electron chi connectivity index (χ3n) is 2.22. The number of hydrogen-bond acceptors (Lipinski definition) is 6. The lowest BCUT2D eigenvalue weighted by Gasteiger charge is -2.18. The lowest BCUT2D eigenvalue weighted by atomic mass is 10.3. The van der Waals surface area contributed by atoms with Crippen molar-refractivity contribution in [1.29, 1.82) is 0 Å². The molecule has 1 aromatic heterocycles. The Balaban J connectivity index is 1.84. The van der Waals surface area contributed by atoms with Crippen molar-refractivity contribution in [2.45, 2.75) is 9.24 Å². The van der Waals surface area contributed by atoms with Gasteiger partial charge in [0.25, 0.3) is 0 Å². The van der Waals surface area contributed by atoms with Crippen LogP contribution in [0.25, 0.3) is 0 Å². The first-order valence-electron chi connectivity index (χ1n) is 5.10. The first kappa shape index (κ1) is 10.7. The number of nitrogens with zero attached hydrogens (tertiary/aromatic N) is 1. The van der Waals surface area contributed by atoms with Crippen molar-refractivity contribution >= 4 is 28.1 Å². The number of thiazole rings is 1. The number of anilines is 1. The van der Waals surface area contributed by atoms with E-state index in [9.17, 15) is 0 Å². The van der Waals surface area contributed by atoms with Crippen LogP contribution < -0.4 is 15.2 Å². The van der Waals surface area contributed by atoms with E-state index in [1.807, 2.05) is 18.2 Å². The molecule has 1 aromatic carbocycles. The van der Waals surface area contributed by atoms with Gasteiger partial charge >= 0.3 is 0 Å². The van der Waals surface area contributed by atoms with Gasteiger partial charge in [-0.2, -0.15) is 0 Å². The summed E-state index contributed by atoms with van der Waals surface area (Å²) in [5, 5.41) is 0.727. The van der Waals surface area contributed by atoms with Crippen molar-refractivity contribution in [3.8, 4) is 11.5 Å². The van der Waals surface area contributed by atoms with E-state index < -0.39 is 0 Å². The predicted octanol–water partition coefficient (Wildman–Crippen LogP) is 2.65. The van der Waals surface area contributed by atoms with Crippen molar-refractivity contribution in [2.24, 2.45) is 0 Å². The highest BCUT2D eigenvalue weighted by Gasteiger charge is 2.12. The molecular weight excluding hydrogens is 256 g/mol. The second-order valence-corrected chi connectivity index (χ2v) is 5.82. The van der Waals surface area contributed by atoms with Gasteiger partial charge in [0.1, 0.15) is 18.2 Å². The van der Waals surface area contributed by atoms with Crippen LogP contribution in [0.4, 0.5) is 5.00 Å². The van der Waals surface area contributed by atoms with Crippen LogP contribution in [0.3, 0.4) is 0 Å². The zero-order chi connectivity index (χ0) is 11.7. The van der Waals surface area contributed by atoms with E-state index in [2.05, 4.69) is 4.98 Å². The fourth-order valence-electron chi connectivity index (χ4n) is 1.51. The predicted molar refractivity (Wildman–Crippen MR) is 68.1 cm³/mol. The summed E-state index contributed by atoms with van der Waals surface area (Å²) in [5.41, 5.74) is 5.64. The van der Waals surface area contributed by atoms with Crippen LogP contribution in [0.5, 0.6) is 11.5 Å². The second-order valence-electron chi connectivity index (χ2n) is 3.44. The quantitative estimate of drug-likeness (QED) is 0.905. The summed E-state index contributed by atoms with van der Waals surface area (Å²) in [6, 6.07) is 5.89. The van der Waals surface area contributed by atoms with E-state index in [-0.39, 0.29) is 0 Å². The SMILES string of the molecule is Nc1cnc(Sc2ccc3c(c2)OCCO3)s1. The second kappa shape index (κ2) is 4.46. The lowest BCUT2D eigenvalue weighted by molar-refractivity contribution is 0.171. The van der Waals surface area contributed by atoms with Crippen LogP contribution >= 0.6 is 23.1 Å². The van der Waals surface area contributed by atoms with Crippen molar-refractivity contribution < 1.29 is 9.47 Å². The molecule has 3 rings (SSSR count). The average Bonchev–Trinajstić information content (AvgIpc) is 2.75. The molecule has 0 radical (unpaired) electrons. The van der Waals surface area contributed by atoms with Gasteiger partial charge in [0.05, 0.1) is 6.20 Å². The summed E-state index contributed by atoms with van der Waals surface area (Å²) < 4.78 is 11.9. The minimum Gasteiger partial charge on any atom is -0.486 e. The number of rotatable bonds is 2. The highest BCUT2D eigenvalue weighted by atomic mass is 32.2. The Morgan fingerprint density at radius 3 is 2.82 bits per heavy atom. The summed E-state index contributed by atoms with van der Waals surface area (Å²) in [6.07, 6.45) is 1.67. The van der Waals surface area contributed by atoms with Crippen LogP contribution in [-0.2, 0) is 0 Å². The van der Waals surface area contributed by atoms with Gasteiger partial charge < -0.3 is 15.2 Å². The molecule has 0 unspecified atom stereocenters. The zero-order valence-electron chi connectivity index (χ0n) is 8.88. The summed E-state index contributed by atoms with van der Waals surface area (Å²) in [5.74, 6) is 1.60. The highest BCUT2D eigenvalue weighted by molar-refractivity contribution is 8.01. The Kier molecular flexibility index (Phi) is 2.82. The van der Waals surface area contributed by atoms with Gasteiger partial charge in [-0.25, -0.2) is 4.98 Å². The van der Waals surface area contributed by atoms with Crippen LogP contribution in [0, 0.1) is 0 Å². The van der Waals surface area contributed by atoms with Gasteiger partial charge in [0.15, 0.2) is 15.8 Å². The number of nitrogens with two attached hydrogens (primary N) is 1. The van der Waals surface area contributed by atoms with Crippen LogP contribution in [-0.4, -0.2) is 18.2 Å². The third-order valence-corrected chi connectivity index (χ3v) is 4.11. The molecule has 0 fully saturated rings. The average molecular weight is 266 g/mol. The minimum absolute atomic E-state index is 0.603. The standard InChI is InChI=1S/C11H10N2O2S2/c12-10-6-13-11(17-10)16-7-1-2-8-9(5-7)15-4-3-14-8/h1-2,5-6H,3-4,12H2. The minimum atomic E-state index is 0.603. The number of benzene rings is 1. The van der Waals surface area contributed by atoms with Crippen LogP contribution in [0.15, 0.2) is 33.6 Å². The van der Waals surface area contributed by atoms with E-state index in [1.165, 1.54) is 11.3 Å². The molecule has 2 aromatic rings. The molecule has 6 heteroatoms. The van der Waals surface area contributed by atoms with Crippen molar-refractivity contribution in [1.82, 2.24) is 4.98 Å². The smallest absolute Gasteiger partial charge is 0.162 e. The van der Waals surface area contributed by atoms with Crippen LogP contribution in [0.1, 0.15) is 0 Å². The maximum Gasteiger partial charge on any atom is 0.162 e. The van der Waals surface area contributed by atoms with E-state index in [4.69, 9.17) is 15.2 Å². The van der Waals surface area contributed by atoms with Crippen molar-refractivity contribution in [3.63, 3.8) is 0 Å². The summed E-state index contributed by atoms with van der Waals surface area (Å²) in [7, 11) is 0. The van der Waals surface area contributed by atoms with Crippen molar-refractivity contribution in [2.75, 3.05) is 18.9 Å². The Morgan fingerprint density at radius 1 is 1.24 bits per heavy atom. The molecule has 2 heterocycles. The fourth-order valence-corrected chi connectivity index (χ4v) is 3.27. The molecule has 0 bridgehead atoms. The lowest BCUT2D eigenvalue weighted by Crippen LogP contribution is -2.15. The Labute approximate surface area is 107 Å². The number of fused-ring (bicyclic) bond motifs is 1. The molecular formula is C11H10N2O2S2. The molecule has 0 saturated carbocycles. The zero-order valence-corrected chi connectivity index (χ0v) is 10.5. The molecule has 0 atom stereocenters. The van der Waals surface area contributed by atoms with Gasteiger partial charge in [-0.1, -0.05) is 23.1 Å². The topological polar surface area (TPSA) is 57.4 Å². The van der Waals surface area contributed by atoms with Gasteiger partial charge in [-0.05, 0) is 18.2 Å². The largest absolute Gasteiger partial charge is 0.486 e. The Hall–Kier alpha value is -1.40. The molecule has 0 spiro atoms. The highest BCUT2D eigenvalue weighted by Crippen LogP contribution is 2.38. The first-order valence-corrected chi connectivity index (χ1v) is 6.73. The number of hydrogen-bond donors (Lipinski definition) is 1. The van der Waals surface area contributed by atoms with Gasteiger partial charge in [0.2, 0.25) is 0 Å². The fraction of sp³-hybridized carbons (Fsp3) is 0.182. The maximum absolute atomic E-state index is 5.64. The summed E-state index contributed by atoms with van der Waals surface area (Å²) in [6.45, 7) is 1.22. The monoisotopic (exact) mass is 266 g/mol. The van der Waals surface area contributed by atoms with Gasteiger partial charge in [0, 0.05) is 4.90 Å². The molecule has 0 aliphatic carbocycles. The van der Waals surface area contributed by atoms with Crippen LogP contribution in [0.2, 0.25) is 0 Å². The normalized spacial score (nSPS) is 13.6. The molecule has 0 amide bonds. The van der Waals surface area contributed by atoms with Crippen molar-refractivity contribution in [3.05, 3.63) is 24.4 Å². The molecule has 17 heavy (non-hydrogen) atoms. The molecule has 1 aliphatic heterocycles. The molecule has 2 N–H and O–H groups in total. The maximum atomic E-state index is 5.64. The van der Waals surface area contributed by atoms with E-state index >= 15 is 0 Å². The van der Waals surface area contributed by atoms with E-state index in [0.29, 0.717) is 13.2 Å². The molecule has 1 aliphatic rings. The molecule has 88 valence electrons. The number of nitrogen functional groups attached to an aromatic ring is 1.